The van der Waals surface area contributed by atoms with Crippen LogP contribution in [0, 0.1) is 11.6 Å². The van der Waals surface area contributed by atoms with Gasteiger partial charge in [-0.25, -0.2) is 13.8 Å². The number of likely N-dealkylation sites (N-methyl/N-ethyl adjacent to an activating group) is 1. The highest BCUT2D eigenvalue weighted by molar-refractivity contribution is 5.99. The van der Waals surface area contributed by atoms with Gasteiger partial charge >= 0.3 is 0 Å². The van der Waals surface area contributed by atoms with Crippen molar-refractivity contribution in [3.8, 4) is 5.69 Å². The number of benzene rings is 2. The van der Waals surface area contributed by atoms with Crippen molar-refractivity contribution < 1.29 is 13.6 Å². The van der Waals surface area contributed by atoms with E-state index in [0.717, 1.165) is 32.3 Å². The Balaban J connectivity index is 1.47. The summed E-state index contributed by atoms with van der Waals surface area (Å²) < 4.78 is 30.7. The van der Waals surface area contributed by atoms with Crippen molar-refractivity contribution in [2.24, 2.45) is 0 Å². The van der Waals surface area contributed by atoms with Crippen LogP contribution in [-0.4, -0.2) is 63.6 Å². The van der Waals surface area contributed by atoms with Crippen LogP contribution in [0.15, 0.2) is 66.4 Å². The molecule has 3 heterocycles. The van der Waals surface area contributed by atoms with E-state index in [1.807, 2.05) is 11.9 Å². The Morgan fingerprint density at radius 1 is 1.05 bits per heavy atom. The van der Waals surface area contributed by atoms with Gasteiger partial charge in [-0.2, -0.15) is 9.97 Å². The Morgan fingerprint density at radius 2 is 1.84 bits per heavy atom. The molecule has 0 radical (unpaired) electrons. The van der Waals surface area contributed by atoms with Crippen molar-refractivity contribution in [2.45, 2.75) is 0 Å². The number of piperazine rings is 1. The maximum absolute atomic E-state index is 15.0. The highest BCUT2D eigenvalue weighted by Gasteiger charge is 2.18. The molecule has 1 amide bonds. The molecule has 194 valence electrons. The number of rotatable bonds is 6. The number of nitrogens with one attached hydrogen (secondary N) is 2. The van der Waals surface area contributed by atoms with Gasteiger partial charge in [0.05, 0.1) is 17.1 Å². The lowest BCUT2D eigenvalue weighted by Crippen LogP contribution is -2.44. The largest absolute Gasteiger partial charge is 0.367 e. The van der Waals surface area contributed by atoms with Gasteiger partial charge in [0.15, 0.2) is 5.65 Å². The number of carbonyl (C=O) groups excluding carboxylic acids is 1. The molecular formula is C26H24F2N8O2. The van der Waals surface area contributed by atoms with E-state index in [1.54, 1.807) is 12.1 Å². The maximum Gasteiger partial charge on any atom is 0.283 e. The van der Waals surface area contributed by atoms with Crippen LogP contribution < -0.4 is 21.1 Å². The first-order valence-corrected chi connectivity index (χ1v) is 11.8. The van der Waals surface area contributed by atoms with Crippen LogP contribution in [-0.2, 0) is 4.79 Å². The first kappa shape index (κ1) is 25.0. The Labute approximate surface area is 216 Å². The zero-order valence-corrected chi connectivity index (χ0v) is 20.5. The molecule has 1 aliphatic rings. The fourth-order valence-electron chi connectivity index (χ4n) is 4.15. The normalized spacial score (nSPS) is 13.9. The van der Waals surface area contributed by atoms with Gasteiger partial charge in [-0.3, -0.25) is 14.2 Å². The molecule has 0 saturated carbocycles. The lowest BCUT2D eigenvalue weighted by atomic mass is 10.2. The predicted octanol–water partition coefficient (Wildman–Crippen LogP) is 3.07. The quantitative estimate of drug-likeness (QED) is 0.375. The summed E-state index contributed by atoms with van der Waals surface area (Å²) in [6.07, 6.45) is 3.59. The third-order valence-electron chi connectivity index (χ3n) is 6.24. The fraction of sp³-hybridized carbons (Fsp3) is 0.192. The number of halogens is 2. The van der Waals surface area contributed by atoms with Crippen molar-refractivity contribution in [1.82, 2.24) is 24.4 Å². The minimum atomic E-state index is -0.652. The average molecular weight is 519 g/mol. The lowest BCUT2D eigenvalue weighted by molar-refractivity contribution is -0.111. The molecule has 0 atom stereocenters. The van der Waals surface area contributed by atoms with E-state index in [2.05, 4.69) is 37.1 Å². The summed E-state index contributed by atoms with van der Waals surface area (Å²) in [5.74, 6) is -1.49. The summed E-state index contributed by atoms with van der Waals surface area (Å²) >= 11 is 0. The van der Waals surface area contributed by atoms with E-state index in [-0.39, 0.29) is 28.5 Å². The van der Waals surface area contributed by atoms with Gasteiger partial charge < -0.3 is 20.4 Å². The Morgan fingerprint density at radius 3 is 2.58 bits per heavy atom. The second-order valence-corrected chi connectivity index (χ2v) is 8.79. The third-order valence-corrected chi connectivity index (χ3v) is 6.24. The Kier molecular flexibility index (Phi) is 6.79. The molecule has 2 aromatic heterocycles. The van der Waals surface area contributed by atoms with Crippen LogP contribution >= 0.6 is 0 Å². The molecule has 12 heteroatoms. The average Bonchev–Trinajstić information content (AvgIpc) is 2.91. The van der Waals surface area contributed by atoms with E-state index in [4.69, 9.17) is 0 Å². The number of fused-ring (bicyclic) bond motifs is 1. The number of carbonyl (C=O) groups is 1. The van der Waals surface area contributed by atoms with Crippen molar-refractivity contribution in [1.29, 1.82) is 0 Å². The van der Waals surface area contributed by atoms with E-state index in [1.165, 1.54) is 41.4 Å². The van der Waals surface area contributed by atoms with Crippen LogP contribution in [0.1, 0.15) is 0 Å². The van der Waals surface area contributed by atoms with Crippen molar-refractivity contribution in [2.75, 3.05) is 48.8 Å². The van der Waals surface area contributed by atoms with Crippen LogP contribution in [0.5, 0.6) is 0 Å². The summed E-state index contributed by atoms with van der Waals surface area (Å²) in [6, 6.07) is 8.81. The van der Waals surface area contributed by atoms with Crippen LogP contribution in [0.25, 0.3) is 16.7 Å². The molecule has 1 fully saturated rings. The monoisotopic (exact) mass is 518 g/mol. The molecule has 2 N–H and O–H groups in total. The van der Waals surface area contributed by atoms with Crippen LogP contribution in [0.3, 0.4) is 0 Å². The van der Waals surface area contributed by atoms with Crippen molar-refractivity contribution in [3.05, 3.63) is 83.6 Å². The molecular weight excluding hydrogens is 494 g/mol. The summed E-state index contributed by atoms with van der Waals surface area (Å²) in [5, 5.41) is 5.49. The second-order valence-electron chi connectivity index (χ2n) is 8.79. The number of nitrogens with zero attached hydrogens (tertiary/aromatic N) is 6. The molecule has 0 aliphatic carbocycles. The number of hydrogen-bond acceptors (Lipinski definition) is 8. The van der Waals surface area contributed by atoms with Crippen molar-refractivity contribution >= 4 is 40.0 Å². The molecule has 1 aliphatic heterocycles. The Hall–Kier alpha value is -4.71. The molecule has 1 saturated heterocycles. The smallest absolute Gasteiger partial charge is 0.283 e. The molecule has 0 bridgehead atoms. The molecule has 5 rings (SSSR count). The van der Waals surface area contributed by atoms with Gasteiger partial charge in [-0.1, -0.05) is 6.58 Å². The topological polar surface area (TPSA) is 108 Å². The standard InChI is InChI=1S/C26H24F2N8O2/c1-3-23(37)32-21-13-17(5-6-19(21)27)36-15-30-25(38)18-14-29-26(33-24(18)36)31-16-4-7-22(20(28)12-16)35-10-8-34(2)9-11-35/h3-7,12-15H,1,8-11H2,2H3,(H,32,37)(H,29,31,33). The molecule has 10 nitrogen and oxygen atoms in total. The summed E-state index contributed by atoms with van der Waals surface area (Å²) in [7, 11) is 2.04. The van der Waals surface area contributed by atoms with Gasteiger partial charge in [0, 0.05) is 38.1 Å². The van der Waals surface area contributed by atoms with Gasteiger partial charge in [-0.05, 0) is 49.5 Å². The third kappa shape index (κ3) is 5.06. The highest BCUT2D eigenvalue weighted by atomic mass is 19.1. The van der Waals surface area contributed by atoms with E-state index >= 15 is 0 Å². The SMILES string of the molecule is C=CC(=O)Nc1cc(-n2cnc(=O)c3cnc(Nc4ccc(N5CCN(C)CC5)c(F)c4)nc32)ccc1F. The highest BCUT2D eigenvalue weighted by Crippen LogP contribution is 2.26. The zero-order valence-electron chi connectivity index (χ0n) is 20.5. The molecule has 4 aromatic rings. The first-order valence-electron chi connectivity index (χ1n) is 11.8. The zero-order chi connectivity index (χ0) is 26.8. The number of hydrogen-bond donors (Lipinski definition) is 2. The number of aromatic nitrogens is 4. The number of amides is 1. The van der Waals surface area contributed by atoms with Gasteiger partial charge in [0.1, 0.15) is 23.3 Å². The van der Waals surface area contributed by atoms with Gasteiger partial charge in [0.25, 0.3) is 5.56 Å². The summed E-state index contributed by atoms with van der Waals surface area (Å²) in [4.78, 5) is 40.8. The lowest BCUT2D eigenvalue weighted by Gasteiger charge is -2.34. The second kappa shape index (κ2) is 10.3. The minimum Gasteiger partial charge on any atom is -0.367 e. The van der Waals surface area contributed by atoms with E-state index in [9.17, 15) is 18.4 Å². The Bertz CT molecular complexity index is 1600. The minimum absolute atomic E-state index is 0.0810. The van der Waals surface area contributed by atoms with Crippen LogP contribution in [0.4, 0.5) is 31.8 Å². The maximum atomic E-state index is 15.0. The summed E-state index contributed by atoms with van der Waals surface area (Å²) in [5.41, 5.74) is 0.896. The van der Waals surface area contributed by atoms with E-state index < -0.39 is 17.3 Å². The fourth-order valence-corrected chi connectivity index (χ4v) is 4.15. The van der Waals surface area contributed by atoms with Gasteiger partial charge in [0.2, 0.25) is 11.9 Å². The molecule has 0 spiro atoms. The van der Waals surface area contributed by atoms with Gasteiger partial charge in [-0.15, -0.1) is 0 Å². The number of anilines is 4. The summed E-state index contributed by atoms with van der Waals surface area (Å²) in [6.45, 7) is 6.55. The van der Waals surface area contributed by atoms with Crippen LogP contribution in [0.2, 0.25) is 0 Å². The first-order chi connectivity index (χ1) is 18.3. The molecule has 2 aromatic carbocycles. The molecule has 38 heavy (non-hydrogen) atoms. The van der Waals surface area contributed by atoms with Crippen molar-refractivity contribution in [3.63, 3.8) is 0 Å². The van der Waals surface area contributed by atoms with E-state index in [0.29, 0.717) is 17.1 Å². The molecule has 0 unspecified atom stereocenters. The predicted molar refractivity (Wildman–Crippen MR) is 141 cm³/mol.